The van der Waals surface area contributed by atoms with Gasteiger partial charge in [0, 0.05) is 6.07 Å². The van der Waals surface area contributed by atoms with Crippen molar-refractivity contribution in [2.75, 3.05) is 13.2 Å². The summed E-state index contributed by atoms with van der Waals surface area (Å²) in [5, 5.41) is 0. The van der Waals surface area contributed by atoms with Crippen molar-refractivity contribution in [1.82, 2.24) is 0 Å². The van der Waals surface area contributed by atoms with Crippen LogP contribution in [-0.2, 0) is 9.53 Å². The van der Waals surface area contributed by atoms with Gasteiger partial charge in [0.15, 0.2) is 12.4 Å². The molecule has 3 rings (SSSR count). The molecule has 0 bridgehead atoms. The van der Waals surface area contributed by atoms with Gasteiger partial charge in [0.05, 0.1) is 5.56 Å². The number of aryl methyl sites for hydroxylation is 1. The van der Waals surface area contributed by atoms with Crippen LogP contribution in [0.5, 0.6) is 11.5 Å². The highest BCUT2D eigenvalue weighted by Gasteiger charge is 2.28. The topological polar surface area (TPSA) is 61.8 Å². The Hall–Kier alpha value is -3.34. The normalized spacial score (nSPS) is 13.9. The Morgan fingerprint density at radius 2 is 2.04 bits per heavy atom. The van der Waals surface area contributed by atoms with E-state index in [0.717, 1.165) is 11.1 Å². The molecule has 132 valence electrons. The van der Waals surface area contributed by atoms with Crippen LogP contribution < -0.4 is 9.47 Å². The number of hydrogen-bond donors (Lipinski definition) is 0. The van der Waals surface area contributed by atoms with Crippen LogP contribution in [0.2, 0.25) is 0 Å². The minimum Gasteiger partial charge on any atom is -0.482 e. The van der Waals surface area contributed by atoms with Crippen LogP contribution in [0.3, 0.4) is 0 Å². The Kier molecular flexibility index (Phi) is 5.17. The zero-order valence-corrected chi connectivity index (χ0v) is 14.4. The van der Waals surface area contributed by atoms with Crippen molar-refractivity contribution in [2.45, 2.75) is 6.92 Å². The molecule has 1 heterocycles. The maximum Gasteiger partial charge on any atom is 0.344 e. The van der Waals surface area contributed by atoms with Crippen molar-refractivity contribution >= 4 is 17.8 Å². The summed E-state index contributed by atoms with van der Waals surface area (Å²) in [5.41, 5.74) is 2.44. The highest BCUT2D eigenvalue weighted by Crippen LogP contribution is 2.35. The summed E-state index contributed by atoms with van der Waals surface area (Å²) < 4.78 is 15.9. The largest absolute Gasteiger partial charge is 0.482 e. The molecule has 0 atom stereocenters. The summed E-state index contributed by atoms with van der Waals surface area (Å²) >= 11 is 0. The lowest BCUT2D eigenvalue weighted by atomic mass is 10.1. The fourth-order valence-corrected chi connectivity index (χ4v) is 2.48. The van der Waals surface area contributed by atoms with E-state index in [1.165, 1.54) is 6.08 Å². The first-order valence-electron chi connectivity index (χ1n) is 8.11. The van der Waals surface area contributed by atoms with E-state index in [4.69, 9.17) is 14.2 Å². The number of esters is 1. The molecule has 0 N–H and O–H groups in total. The molecule has 0 saturated heterocycles. The fourth-order valence-electron chi connectivity index (χ4n) is 2.48. The van der Waals surface area contributed by atoms with Crippen LogP contribution in [0.1, 0.15) is 21.5 Å². The quantitative estimate of drug-likeness (QED) is 0.451. The molecular formula is C21H18O5. The summed E-state index contributed by atoms with van der Waals surface area (Å²) in [7, 11) is 0. The number of Topliss-reactive ketones (excluding diaryl/α,β-unsaturated/α-hetero) is 1. The maximum atomic E-state index is 12.5. The van der Waals surface area contributed by atoms with Crippen LogP contribution in [0.25, 0.3) is 6.08 Å². The van der Waals surface area contributed by atoms with Crippen molar-refractivity contribution in [2.24, 2.45) is 0 Å². The molecule has 0 unspecified atom stereocenters. The first-order chi connectivity index (χ1) is 12.6. The zero-order valence-electron chi connectivity index (χ0n) is 14.4. The number of benzene rings is 2. The summed E-state index contributed by atoms with van der Waals surface area (Å²) in [6, 6.07) is 12.6. The van der Waals surface area contributed by atoms with Gasteiger partial charge in [-0.05, 0) is 36.3 Å². The van der Waals surface area contributed by atoms with Crippen molar-refractivity contribution in [3.8, 4) is 11.5 Å². The molecule has 1 aliphatic rings. The lowest BCUT2D eigenvalue weighted by Gasteiger charge is -2.06. The Balaban J connectivity index is 1.73. The van der Waals surface area contributed by atoms with Crippen molar-refractivity contribution < 1.29 is 23.8 Å². The number of allylic oxidation sites excluding steroid dienone is 1. The second kappa shape index (κ2) is 7.70. The smallest absolute Gasteiger partial charge is 0.344 e. The SMILES string of the molecule is C=CCOC(=O)COc1ccc2c(c1)OC(=Cc1ccccc1C)C2=O. The van der Waals surface area contributed by atoms with E-state index in [9.17, 15) is 9.59 Å². The fraction of sp³-hybridized carbons (Fsp3) is 0.143. The molecule has 2 aromatic carbocycles. The molecule has 0 spiro atoms. The average molecular weight is 350 g/mol. The van der Waals surface area contributed by atoms with Crippen LogP contribution in [0, 0.1) is 6.92 Å². The summed E-state index contributed by atoms with van der Waals surface area (Å²) in [5.74, 6) is 0.413. The lowest BCUT2D eigenvalue weighted by Crippen LogP contribution is -2.14. The minimum atomic E-state index is -0.498. The predicted octanol–water partition coefficient (Wildman–Crippen LogP) is 3.72. The molecule has 0 aromatic heterocycles. The number of carbonyl (C=O) groups excluding carboxylic acids is 2. The van der Waals surface area contributed by atoms with Gasteiger partial charge in [0.1, 0.15) is 18.1 Å². The van der Waals surface area contributed by atoms with E-state index in [2.05, 4.69) is 6.58 Å². The molecule has 26 heavy (non-hydrogen) atoms. The second-order valence-electron chi connectivity index (χ2n) is 5.71. The molecule has 0 radical (unpaired) electrons. The summed E-state index contributed by atoms with van der Waals surface area (Å²) in [6.07, 6.45) is 3.21. The van der Waals surface area contributed by atoms with E-state index in [1.807, 2.05) is 31.2 Å². The molecular weight excluding hydrogens is 332 g/mol. The Morgan fingerprint density at radius 3 is 2.81 bits per heavy atom. The first-order valence-corrected chi connectivity index (χ1v) is 8.11. The third-order valence-electron chi connectivity index (χ3n) is 3.84. The number of ether oxygens (including phenoxy) is 3. The molecule has 5 nitrogen and oxygen atoms in total. The molecule has 0 fully saturated rings. The predicted molar refractivity (Wildman–Crippen MR) is 97.2 cm³/mol. The van der Waals surface area contributed by atoms with E-state index in [-0.39, 0.29) is 24.8 Å². The number of hydrogen-bond acceptors (Lipinski definition) is 5. The Morgan fingerprint density at radius 1 is 1.23 bits per heavy atom. The molecule has 5 heteroatoms. The Bertz CT molecular complexity index is 895. The van der Waals surface area contributed by atoms with Crippen LogP contribution in [0.4, 0.5) is 0 Å². The van der Waals surface area contributed by atoms with Crippen molar-refractivity contribution in [3.63, 3.8) is 0 Å². The monoisotopic (exact) mass is 350 g/mol. The van der Waals surface area contributed by atoms with Gasteiger partial charge in [-0.1, -0.05) is 36.9 Å². The highest BCUT2D eigenvalue weighted by atomic mass is 16.6. The van der Waals surface area contributed by atoms with Crippen LogP contribution >= 0.6 is 0 Å². The standard InChI is InChI=1S/C21H18O5/c1-3-10-24-20(22)13-25-16-8-9-17-18(12-16)26-19(21(17)23)11-15-7-5-4-6-14(15)2/h3-9,11-12H,1,10,13H2,2H3. The van der Waals surface area contributed by atoms with E-state index < -0.39 is 5.97 Å². The van der Waals surface area contributed by atoms with Crippen LogP contribution in [0.15, 0.2) is 60.9 Å². The second-order valence-corrected chi connectivity index (χ2v) is 5.71. The third-order valence-corrected chi connectivity index (χ3v) is 3.84. The molecule has 2 aromatic rings. The zero-order chi connectivity index (χ0) is 18.5. The molecule has 0 amide bonds. The average Bonchev–Trinajstić information content (AvgIpc) is 2.95. The van der Waals surface area contributed by atoms with Crippen molar-refractivity contribution in [3.05, 3.63) is 77.6 Å². The molecule has 1 aliphatic heterocycles. The Labute approximate surface area is 151 Å². The third kappa shape index (κ3) is 3.83. The van der Waals surface area contributed by atoms with E-state index >= 15 is 0 Å². The van der Waals surface area contributed by atoms with Gasteiger partial charge >= 0.3 is 5.97 Å². The van der Waals surface area contributed by atoms with Crippen molar-refractivity contribution in [1.29, 1.82) is 0 Å². The van der Waals surface area contributed by atoms with E-state index in [0.29, 0.717) is 17.1 Å². The number of rotatable bonds is 6. The van der Waals surface area contributed by atoms with Gasteiger partial charge in [-0.25, -0.2) is 4.79 Å². The highest BCUT2D eigenvalue weighted by molar-refractivity contribution is 6.14. The number of carbonyl (C=O) groups is 2. The van der Waals surface area contributed by atoms with Gasteiger partial charge in [0.2, 0.25) is 5.78 Å². The van der Waals surface area contributed by atoms with Gasteiger partial charge in [0.25, 0.3) is 0 Å². The molecule has 0 aliphatic carbocycles. The summed E-state index contributed by atoms with van der Waals surface area (Å²) in [4.78, 5) is 23.9. The van der Waals surface area contributed by atoms with Gasteiger partial charge in [-0.3, -0.25) is 4.79 Å². The lowest BCUT2D eigenvalue weighted by molar-refractivity contribution is -0.144. The van der Waals surface area contributed by atoms with Gasteiger partial charge in [-0.2, -0.15) is 0 Å². The van der Waals surface area contributed by atoms with E-state index in [1.54, 1.807) is 24.3 Å². The van der Waals surface area contributed by atoms with Gasteiger partial charge in [-0.15, -0.1) is 0 Å². The van der Waals surface area contributed by atoms with Gasteiger partial charge < -0.3 is 14.2 Å². The first kappa shape index (κ1) is 17.5. The summed E-state index contributed by atoms with van der Waals surface area (Å²) in [6.45, 7) is 5.34. The number of fused-ring (bicyclic) bond motifs is 1. The maximum absolute atomic E-state index is 12.5. The van der Waals surface area contributed by atoms with Crippen LogP contribution in [-0.4, -0.2) is 25.0 Å². The number of ketones is 1. The molecule has 0 saturated carbocycles. The minimum absolute atomic E-state index is 0.136.